The Labute approximate surface area is 688 Å². The first kappa shape index (κ1) is 83.9. The first-order valence-corrected chi connectivity index (χ1v) is 31.7. The smallest absolute Gasteiger partial charge is 0.472 e. The molecule has 6 aliphatic heterocycles. The van der Waals surface area contributed by atoms with Crippen LogP contribution >= 0.6 is 0 Å². The molecule has 0 aliphatic carbocycles. The number of hydrogen-bond acceptors (Lipinski definition) is 25. The maximum Gasteiger partial charge on any atom is 0.472 e. The molecule has 5 unspecified atom stereocenters. The van der Waals surface area contributed by atoms with E-state index in [0.717, 1.165) is 40.8 Å². The summed E-state index contributed by atoms with van der Waals surface area (Å²) < 4.78 is 185. The van der Waals surface area contributed by atoms with E-state index in [1.807, 2.05) is 32.9 Å². The second-order valence-corrected chi connectivity index (χ2v) is 22.5. The van der Waals surface area contributed by atoms with Crippen LogP contribution in [0.5, 0.6) is 51.7 Å². The van der Waals surface area contributed by atoms with E-state index in [2.05, 4.69) is 27.2 Å². The Morgan fingerprint density at radius 1 is 0.604 bits per heavy atom. The van der Waals surface area contributed by atoms with Gasteiger partial charge in [0.25, 0.3) is 0 Å². The van der Waals surface area contributed by atoms with E-state index in [0.29, 0.717) is 42.4 Å². The average molecular weight is 1950 g/mol. The van der Waals surface area contributed by atoms with Crippen LogP contribution in [0.4, 0.5) is 60.9 Å². The molecule has 2 radical (unpaired) electrons. The third-order valence-corrected chi connectivity index (χ3v) is 15.7. The number of unbranched alkanes of at least 4 members (excludes halogenated alkanes) is 2. The number of fused-ring (bicyclic) bond motifs is 6. The van der Waals surface area contributed by atoms with E-state index in [1.54, 1.807) is 6.07 Å². The van der Waals surface area contributed by atoms with Crippen molar-refractivity contribution in [1.29, 1.82) is 0 Å². The van der Waals surface area contributed by atoms with Crippen LogP contribution in [0.3, 0.4) is 0 Å². The molecule has 3 aromatic heterocycles. The van der Waals surface area contributed by atoms with Gasteiger partial charge in [0, 0.05) is 124 Å². The van der Waals surface area contributed by atoms with Gasteiger partial charge in [-0.25, -0.2) is 24.2 Å². The summed E-state index contributed by atoms with van der Waals surface area (Å²) in [6.45, 7) is 8.16. The number of carbonyl (C=O) groups is 2. The number of carbonyl (C=O) groups excluding carboxylic acids is 2. The number of alkyl halides is 6. The number of benzene rings is 3. The van der Waals surface area contributed by atoms with Gasteiger partial charge in [-0.15, -0.1) is 0 Å². The number of ether oxygens (including phenoxy) is 11. The molecule has 11 atom stereocenters. The summed E-state index contributed by atoms with van der Waals surface area (Å²) in [4.78, 5) is 75.2. The van der Waals surface area contributed by atoms with E-state index < -0.39 is 122 Å². The number of para-hydroxylation sites is 3. The van der Waals surface area contributed by atoms with Gasteiger partial charge in [0.15, 0.2) is 52.0 Å². The second kappa shape index (κ2) is 42.2. The monoisotopic (exact) mass is 1950 g/mol. The van der Waals surface area contributed by atoms with Gasteiger partial charge < -0.3 is 83.6 Å². The van der Waals surface area contributed by atoms with Gasteiger partial charge in [-0.1, -0.05) is 88.4 Å². The van der Waals surface area contributed by atoms with Crippen LogP contribution < -0.4 is 66.3 Å². The number of methoxy groups -OCH3 is 2. The molecule has 3 aromatic carbocycles. The molecule has 30 nitrogen and oxygen atoms in total. The zero-order chi connectivity index (χ0) is 79.5. The fraction of sp³-hybridized carbons (Fsp3) is 0.529. The SMILES string of the molecule is C.C.CC.CCCCOc1cccc2c1Nc1nc(=O)n([C@H]3CC(O)[C@@H](CO)O3)cc1O2.[2H]C.[2H]C([3H])OC[C@H]1O[C@@H](n2cc3c(nc2=O)N(C(=O)C(F)(F)F)c2c(OCCCC)cccc2O3)CC1O.[2H]C([3H])OC[C@H]1O[C@@H](n2cc3c(nc2=O)N(C(=O)C(F)(F)F)c2c(OCCCN)cccc2O3)CC1O.[3H]C.[Ac].[Ac]. The first-order valence-electron chi connectivity index (χ1n) is 36.0. The van der Waals surface area contributed by atoms with Gasteiger partial charge in [0.05, 0.1) is 82.0 Å². The standard InChI is InChI=1S/C22H24F3N3O7.C21H23F3N4O7.C19H23N3O6.C2H6.4CH4.2Ac/c1-3-4-8-33-13-6-5-7-14-18(13)28(20(30)22(23,24)25)19-15(34-14)10-27(21(31)26-19)17-9-12(29)16(35-17)11-32-2;1-32-10-15-11(29)8-16(35-15)27-9-14-18(26-20(27)31)28(19(30)21(22,23)24)17-12(33-7-3-6-25)4-2-5-13(17)34-14;1-2-3-7-26-12-5-4-6-13-17(12)20-18-14(27-13)9-22(19(25)21-18)16-8-11(24)15(10-23)28-16;1-2;;;;;;/h5-7,10,12,16-17,29H,3-4,8-9,11H2,1-2H3;2,4-5,9,11,15-16,29H,3,6-8,10,25H2,1H3;4-6,9,11,15-16,23-24H,2-3,7-8,10H2,1H3,(H,20,21,25);1-2H3;4*1H4;;/t12?,16-,17-;2*11?,15-,16-;;;;;;;/m111......./s1/i2TD;1TD;;;1T;1D;;;;/t2?,12?,16-,17-;1?,11?,15-,16-;;;;;;;;. The summed E-state index contributed by atoms with van der Waals surface area (Å²) in [6.07, 6.45) is -12.0. The molecular formula is C68H92Ac2F6N10O20. The molecule has 7 N–H and O–H groups in total. The van der Waals surface area contributed by atoms with Gasteiger partial charge in [-0.05, 0) is 62.2 Å². The molecule has 6 aliphatic rings. The van der Waals surface area contributed by atoms with Gasteiger partial charge in [-0.3, -0.25) is 23.3 Å². The number of halogens is 6. The maximum atomic E-state index is 13.6. The van der Waals surface area contributed by atoms with Gasteiger partial charge >= 0.3 is 41.2 Å². The van der Waals surface area contributed by atoms with Gasteiger partial charge in [-0.2, -0.15) is 41.3 Å². The van der Waals surface area contributed by atoms with E-state index in [4.69, 9.17) is 66.1 Å². The minimum Gasteiger partial charge on any atom is -0.491 e. The number of nitrogens with one attached hydrogen (secondary N) is 1. The van der Waals surface area contributed by atoms with E-state index in [1.165, 1.54) is 62.0 Å². The third-order valence-electron chi connectivity index (χ3n) is 15.7. The van der Waals surface area contributed by atoms with Crippen molar-refractivity contribution in [2.75, 3.05) is 75.4 Å². The summed E-state index contributed by atoms with van der Waals surface area (Å²) in [5.74, 6) is -5.24. The Bertz CT molecular complexity index is 4010. The quantitative estimate of drug-likeness (QED) is 0.0305. The number of anilines is 6. The molecule has 38 heteroatoms. The molecule has 2 amide bonds. The first-order chi connectivity index (χ1) is 51.6. The van der Waals surface area contributed by atoms with Crippen molar-refractivity contribution in [3.8, 4) is 51.7 Å². The Hall–Kier alpha value is -6.10. The molecule has 12 rings (SSSR count). The Morgan fingerprint density at radius 3 is 1.37 bits per heavy atom. The summed E-state index contributed by atoms with van der Waals surface area (Å²) in [5, 5.41) is 42.7. The van der Waals surface area contributed by atoms with Crippen molar-refractivity contribution >= 4 is 46.3 Å². The van der Waals surface area contributed by atoms with E-state index in [-0.39, 0.29) is 223 Å². The van der Waals surface area contributed by atoms with E-state index >= 15 is 0 Å². The molecule has 9 heterocycles. The average Bonchev–Trinajstić information content (AvgIpc) is 0.853. The summed E-state index contributed by atoms with van der Waals surface area (Å²) in [7, 11) is -0.720. The summed E-state index contributed by atoms with van der Waals surface area (Å²) >= 11 is 0. The van der Waals surface area contributed by atoms with Crippen molar-refractivity contribution in [3.05, 3.63) is 105 Å². The van der Waals surface area contributed by atoms with Gasteiger partial charge in [0.1, 0.15) is 71.3 Å². The van der Waals surface area contributed by atoms with Crippen LogP contribution in [0.15, 0.2) is 87.6 Å². The zero-order valence-corrected chi connectivity index (χ0v) is 66.8. The molecule has 582 valence electrons. The summed E-state index contributed by atoms with van der Waals surface area (Å²) in [5.41, 5.74) is 2.68. The maximum absolute atomic E-state index is 13.6. The second-order valence-electron chi connectivity index (χ2n) is 22.5. The molecular weight excluding hydrogens is 1840 g/mol. The van der Waals surface area contributed by atoms with Crippen LogP contribution in [0.2, 0.25) is 0 Å². The van der Waals surface area contributed by atoms with Crippen LogP contribution in [0, 0.1) is 88.1 Å². The molecule has 106 heavy (non-hydrogen) atoms. The number of amides is 2. The van der Waals surface area contributed by atoms with Crippen molar-refractivity contribution in [2.45, 2.75) is 176 Å². The predicted molar refractivity (Wildman–Crippen MR) is 367 cm³/mol. The molecule has 3 saturated heterocycles. The number of aliphatic hydroxyl groups excluding tert-OH is 4. The Balaban J connectivity index is 0.000000417. The van der Waals surface area contributed by atoms with Crippen molar-refractivity contribution in [2.24, 2.45) is 5.73 Å². The topological polar surface area (TPSA) is 366 Å². The van der Waals surface area contributed by atoms with Crippen LogP contribution in [0.1, 0.15) is 136 Å². The number of hydrogen-bond donors (Lipinski definition) is 6. The Morgan fingerprint density at radius 2 is 0.972 bits per heavy atom. The normalized spacial score (nSPS) is 21.4. The minimum atomic E-state index is -5.33. The molecule has 6 aromatic rings. The minimum absolute atomic E-state index is 0. The number of nitrogens with two attached hydrogens (primary N) is 1. The predicted octanol–water partition coefficient (Wildman–Crippen LogP) is 10.1. The van der Waals surface area contributed by atoms with Crippen molar-refractivity contribution < 1.29 is 205 Å². The fourth-order valence-electron chi connectivity index (χ4n) is 10.8. The van der Waals surface area contributed by atoms with Crippen LogP contribution in [0.25, 0.3) is 0 Å². The number of aromatic nitrogens is 6. The molecule has 3 fully saturated rings. The molecule has 0 spiro atoms. The number of rotatable bonds is 20. The van der Waals surface area contributed by atoms with Crippen molar-refractivity contribution in [3.63, 3.8) is 0 Å². The largest absolute Gasteiger partial charge is 0.491 e. The zero-order valence-electron chi connectivity index (χ0n) is 63.3. The van der Waals surface area contributed by atoms with E-state index in [9.17, 15) is 70.7 Å². The van der Waals surface area contributed by atoms with Gasteiger partial charge in [0.2, 0.25) is 0 Å². The Kier molecular flexibility index (Phi) is 33.4. The fourth-order valence-corrected chi connectivity index (χ4v) is 10.8. The van der Waals surface area contributed by atoms with Crippen molar-refractivity contribution in [1.82, 2.24) is 28.7 Å². The number of aliphatic hydroxyl groups is 4. The van der Waals surface area contributed by atoms with Crippen LogP contribution in [-0.2, 0) is 33.3 Å². The molecule has 0 bridgehead atoms. The summed E-state index contributed by atoms with van der Waals surface area (Å²) in [6, 6.07) is 13.8. The van der Waals surface area contributed by atoms with Crippen LogP contribution in [-0.4, -0.2) is 170 Å². The number of nitrogens with zero attached hydrogens (tertiary/aromatic N) is 8. The molecule has 0 saturated carbocycles. The third kappa shape index (κ3) is 21.5.